The van der Waals surface area contributed by atoms with Gasteiger partial charge >= 0.3 is 106 Å². The van der Waals surface area contributed by atoms with Crippen LogP contribution in [0.3, 0.4) is 0 Å². The SMILES string of the molecule is Cc1cccc(OC(F)(F)F)c1C(=O)[NH][Pb]. The maximum atomic E-state index is 12.1. The maximum absolute atomic E-state index is 12.1. The molecule has 1 amide bonds. The summed E-state index contributed by atoms with van der Waals surface area (Å²) in [6.07, 6.45) is -4.80. The van der Waals surface area contributed by atoms with Crippen LogP contribution in [0.25, 0.3) is 0 Å². The monoisotopic (exact) mass is 426 g/mol. The predicted octanol–water partition coefficient (Wildman–Crippen LogP) is 1.71. The number of benzene rings is 1. The molecule has 0 aliphatic carbocycles. The van der Waals surface area contributed by atoms with Crippen molar-refractivity contribution < 1.29 is 22.7 Å². The predicted molar refractivity (Wildman–Crippen MR) is 51.1 cm³/mol. The minimum atomic E-state index is -4.80. The number of amides is 1. The summed E-state index contributed by atoms with van der Waals surface area (Å²) in [5, 5.41) is 0. The van der Waals surface area contributed by atoms with Crippen molar-refractivity contribution in [1.29, 1.82) is 0 Å². The zero-order valence-electron chi connectivity index (χ0n) is 8.18. The number of alkyl halides is 3. The molecule has 0 aliphatic heterocycles. The van der Waals surface area contributed by atoms with Crippen molar-refractivity contribution in [1.82, 2.24) is 3.13 Å². The van der Waals surface area contributed by atoms with E-state index >= 15 is 0 Å². The van der Waals surface area contributed by atoms with Gasteiger partial charge in [0.2, 0.25) is 0 Å². The second-order valence-electron chi connectivity index (χ2n) is 2.95. The van der Waals surface area contributed by atoms with Gasteiger partial charge in [0.1, 0.15) is 0 Å². The summed E-state index contributed by atoms with van der Waals surface area (Å²) in [6, 6.07) is 4.07. The van der Waals surface area contributed by atoms with Crippen molar-refractivity contribution in [2.45, 2.75) is 13.3 Å². The molecule has 0 aliphatic rings. The van der Waals surface area contributed by atoms with Gasteiger partial charge in [-0.15, -0.1) is 0 Å². The Morgan fingerprint density at radius 3 is 2.56 bits per heavy atom. The van der Waals surface area contributed by atoms with Crippen LogP contribution in [0.2, 0.25) is 0 Å². The van der Waals surface area contributed by atoms with E-state index < -0.39 is 18.0 Å². The van der Waals surface area contributed by atoms with Crippen LogP contribution in [0.4, 0.5) is 13.2 Å². The summed E-state index contributed by atoms with van der Waals surface area (Å²) < 4.78 is 42.4. The van der Waals surface area contributed by atoms with Gasteiger partial charge in [-0.3, -0.25) is 0 Å². The molecule has 0 saturated heterocycles. The van der Waals surface area contributed by atoms with Gasteiger partial charge in [-0.1, -0.05) is 0 Å². The molecule has 1 aromatic rings. The standard InChI is InChI=1S/C9H8F3NO2.Pb/c1-5-3-2-4-6(7(5)8(13)14)15-9(10,11)12;/h2-4H,1H3,(H2,13,14);/q;+1/p-1. The summed E-state index contributed by atoms with van der Waals surface area (Å²) in [6.45, 7) is 1.55. The quantitative estimate of drug-likeness (QED) is 0.733. The summed E-state index contributed by atoms with van der Waals surface area (Å²) in [5.41, 5.74) is 0.366. The van der Waals surface area contributed by atoms with E-state index in [0.29, 0.717) is 31.6 Å². The molecule has 3 radical (unpaired) electrons. The number of carbonyl (C=O) groups is 1. The molecule has 3 nitrogen and oxygen atoms in total. The number of hydrogen-bond donors (Lipinski definition) is 1. The third kappa shape index (κ3) is 3.36. The number of hydrogen-bond acceptors (Lipinski definition) is 2. The van der Waals surface area contributed by atoms with Gasteiger partial charge in [-0.25, -0.2) is 0 Å². The number of halogens is 3. The fraction of sp³-hybridized carbons (Fsp3) is 0.222. The number of carbonyl (C=O) groups excluding carboxylic acids is 1. The van der Waals surface area contributed by atoms with Crippen molar-refractivity contribution in [3.05, 3.63) is 29.3 Å². The molecule has 1 rings (SSSR count). The number of rotatable bonds is 2. The minimum absolute atomic E-state index is 0.0742. The van der Waals surface area contributed by atoms with E-state index in [2.05, 4.69) is 7.86 Å². The van der Waals surface area contributed by atoms with E-state index in [1.807, 2.05) is 0 Å². The summed E-state index contributed by atoms with van der Waals surface area (Å²) in [5.74, 6) is -1.02. The molecule has 0 heterocycles. The van der Waals surface area contributed by atoms with E-state index in [1.165, 1.54) is 6.07 Å². The first-order valence-corrected chi connectivity index (χ1v) is 6.12. The molecule has 0 spiro atoms. The molecular weight excluding hydrogens is 418 g/mol. The molecule has 0 saturated carbocycles. The zero-order chi connectivity index (χ0) is 12.3. The molecule has 1 N–H and O–H groups in total. The number of aryl methyl sites for hydroxylation is 1. The van der Waals surface area contributed by atoms with Gasteiger partial charge < -0.3 is 0 Å². The Kier molecular flexibility index (Phi) is 4.16. The number of nitrogens with one attached hydrogen (secondary N) is 1. The second-order valence-corrected chi connectivity index (χ2v) is 3.92. The molecule has 0 unspecified atom stereocenters. The van der Waals surface area contributed by atoms with E-state index in [9.17, 15) is 18.0 Å². The van der Waals surface area contributed by atoms with Crippen LogP contribution in [-0.2, 0) is 0 Å². The van der Waals surface area contributed by atoms with Crippen LogP contribution >= 0.6 is 0 Å². The number of ether oxygens (including phenoxy) is 1. The Bertz CT molecular complexity index is 406. The van der Waals surface area contributed by atoms with Crippen molar-refractivity contribution in [2.24, 2.45) is 0 Å². The topological polar surface area (TPSA) is 38.3 Å². The van der Waals surface area contributed by atoms with Gasteiger partial charge in [0.15, 0.2) is 0 Å². The Balaban J connectivity index is 3.18. The van der Waals surface area contributed by atoms with Crippen molar-refractivity contribution >= 4 is 32.0 Å². The van der Waals surface area contributed by atoms with E-state index in [-0.39, 0.29) is 5.56 Å². The Hall–Kier alpha value is -0.798. The normalized spacial score (nSPS) is 11.1. The van der Waals surface area contributed by atoms with Gasteiger partial charge in [-0.2, -0.15) is 0 Å². The molecule has 0 aromatic heterocycles. The van der Waals surface area contributed by atoms with Crippen LogP contribution in [0.5, 0.6) is 5.75 Å². The van der Waals surface area contributed by atoms with E-state index in [0.717, 1.165) is 6.07 Å². The van der Waals surface area contributed by atoms with Crippen LogP contribution in [0.15, 0.2) is 18.2 Å². The average molecular weight is 425 g/mol. The van der Waals surface area contributed by atoms with E-state index in [4.69, 9.17) is 0 Å². The Labute approximate surface area is 106 Å². The second kappa shape index (κ2) is 5.02. The molecular formula is C9H7F3NO2Pb. The van der Waals surface area contributed by atoms with Crippen molar-refractivity contribution in [2.75, 3.05) is 0 Å². The van der Waals surface area contributed by atoms with Gasteiger partial charge in [0, 0.05) is 0 Å². The van der Waals surface area contributed by atoms with Crippen molar-refractivity contribution in [3.63, 3.8) is 0 Å². The first-order valence-electron chi connectivity index (χ1n) is 4.17. The van der Waals surface area contributed by atoms with Crippen LogP contribution in [-0.4, -0.2) is 38.3 Å². The molecule has 1 aromatic carbocycles. The van der Waals surface area contributed by atoms with Gasteiger partial charge in [-0.05, 0) is 0 Å². The van der Waals surface area contributed by atoms with Gasteiger partial charge in [0.25, 0.3) is 0 Å². The zero-order valence-corrected chi connectivity index (χ0v) is 12.1. The van der Waals surface area contributed by atoms with Gasteiger partial charge in [0.05, 0.1) is 0 Å². The molecule has 7 heteroatoms. The fourth-order valence-electron chi connectivity index (χ4n) is 1.20. The van der Waals surface area contributed by atoms with Crippen LogP contribution in [0, 0.1) is 6.92 Å². The van der Waals surface area contributed by atoms with Crippen LogP contribution in [0.1, 0.15) is 15.9 Å². The van der Waals surface area contributed by atoms with Crippen LogP contribution < -0.4 is 7.86 Å². The third-order valence-electron chi connectivity index (χ3n) is 1.80. The Morgan fingerprint density at radius 1 is 1.44 bits per heavy atom. The first-order chi connectivity index (χ1) is 7.35. The fourth-order valence-corrected chi connectivity index (χ4v) is 1.69. The van der Waals surface area contributed by atoms with E-state index in [1.54, 1.807) is 13.0 Å². The van der Waals surface area contributed by atoms with Crippen molar-refractivity contribution in [3.8, 4) is 5.75 Å². The first kappa shape index (κ1) is 13.3. The molecule has 0 bridgehead atoms. The average Bonchev–Trinajstić information content (AvgIpc) is 2.14. The summed E-state index contributed by atoms with van der Waals surface area (Å²) >= 11 is 0.359. The Morgan fingerprint density at radius 2 is 2.06 bits per heavy atom. The summed E-state index contributed by atoms with van der Waals surface area (Å²) in [4.78, 5) is 11.4. The molecule has 0 atom stereocenters. The summed E-state index contributed by atoms with van der Waals surface area (Å²) in [7, 11) is 0. The molecule has 85 valence electrons. The molecule has 16 heavy (non-hydrogen) atoms. The third-order valence-corrected chi connectivity index (χ3v) is 2.68. The molecule has 0 fully saturated rings.